The molecule has 0 radical (unpaired) electrons. The number of aryl methyl sites for hydroxylation is 2. The van der Waals surface area contributed by atoms with Gasteiger partial charge in [-0.2, -0.15) is 0 Å². The fourth-order valence-corrected chi connectivity index (χ4v) is 12.1. The third-order valence-electron chi connectivity index (χ3n) is 14.7. The van der Waals surface area contributed by atoms with Gasteiger partial charge in [0.25, 0.3) is 6.71 Å². The van der Waals surface area contributed by atoms with Gasteiger partial charge in [-0.3, -0.25) is 0 Å². The number of para-hydroxylation sites is 1. The van der Waals surface area contributed by atoms with E-state index < -0.39 is 0 Å². The molecule has 0 aliphatic carbocycles. The topological polar surface area (TPSA) is 20.6 Å². The van der Waals surface area contributed by atoms with Crippen LogP contribution in [-0.2, 0) is 28.7 Å². The summed E-state index contributed by atoms with van der Waals surface area (Å²) in [7, 11) is 2.23. The second kappa shape index (κ2) is 15.1. The Morgan fingerprint density at radius 1 is 0.559 bits per heavy atom. The Hall–Kier alpha value is -6.24. The van der Waals surface area contributed by atoms with Crippen molar-refractivity contribution in [3.8, 4) is 11.5 Å². The van der Waals surface area contributed by atoms with Crippen molar-refractivity contribution in [2.24, 2.45) is 7.05 Å². The van der Waals surface area contributed by atoms with Gasteiger partial charge in [0, 0.05) is 60.9 Å². The molecule has 0 bridgehead atoms. The highest BCUT2D eigenvalue weighted by Gasteiger charge is 2.46. The molecular formula is C62H64BN3OS. The molecule has 68 heavy (non-hydrogen) atoms. The molecule has 2 aromatic heterocycles. The van der Waals surface area contributed by atoms with Crippen LogP contribution in [0, 0.1) is 6.92 Å². The van der Waals surface area contributed by atoms with Gasteiger partial charge in [0.05, 0.1) is 16.9 Å². The van der Waals surface area contributed by atoms with Gasteiger partial charge in [-0.25, -0.2) is 0 Å². The predicted molar refractivity (Wildman–Crippen MR) is 296 cm³/mol. The Labute approximate surface area is 408 Å². The summed E-state index contributed by atoms with van der Waals surface area (Å²) >= 11 is 1.94. The van der Waals surface area contributed by atoms with Gasteiger partial charge < -0.3 is 19.1 Å². The van der Waals surface area contributed by atoms with Gasteiger partial charge in [-0.1, -0.05) is 144 Å². The highest BCUT2D eigenvalue weighted by Crippen LogP contribution is 2.53. The molecule has 7 aromatic carbocycles. The summed E-state index contributed by atoms with van der Waals surface area (Å²) in [5.41, 5.74) is 18.1. The zero-order valence-corrected chi connectivity index (χ0v) is 43.3. The smallest absolute Gasteiger partial charge is 0.269 e. The molecule has 2 aliphatic heterocycles. The Morgan fingerprint density at radius 2 is 1.10 bits per heavy atom. The molecule has 342 valence electrons. The third kappa shape index (κ3) is 7.00. The van der Waals surface area contributed by atoms with E-state index in [0.717, 1.165) is 39.8 Å². The van der Waals surface area contributed by atoms with E-state index in [4.69, 9.17) is 4.74 Å². The van der Waals surface area contributed by atoms with E-state index in [1.54, 1.807) is 0 Å². The van der Waals surface area contributed by atoms with Crippen LogP contribution in [0.4, 0.5) is 34.1 Å². The second-order valence-corrected chi connectivity index (χ2v) is 24.8. The van der Waals surface area contributed by atoms with Crippen LogP contribution in [0.1, 0.15) is 111 Å². The molecule has 4 heterocycles. The predicted octanol–water partition coefficient (Wildman–Crippen LogP) is 15.9. The normalized spacial score (nSPS) is 13.8. The minimum Gasteiger partial charge on any atom is -0.456 e. The average molecular weight is 910 g/mol. The Morgan fingerprint density at radius 3 is 1.68 bits per heavy atom. The number of hydrogen-bond acceptors (Lipinski definition) is 4. The molecule has 0 saturated carbocycles. The van der Waals surface area contributed by atoms with E-state index >= 15 is 0 Å². The molecule has 0 fully saturated rings. The molecule has 0 unspecified atom stereocenters. The summed E-state index contributed by atoms with van der Waals surface area (Å²) in [5, 5.41) is 3.68. The minimum atomic E-state index is -0.0884. The van der Waals surface area contributed by atoms with E-state index in [9.17, 15) is 0 Å². The van der Waals surface area contributed by atoms with Crippen molar-refractivity contribution >= 4 is 99.8 Å². The summed E-state index contributed by atoms with van der Waals surface area (Å²) < 4.78 is 12.7. The van der Waals surface area contributed by atoms with Crippen LogP contribution in [-0.4, -0.2) is 11.3 Å². The highest BCUT2D eigenvalue weighted by atomic mass is 32.1. The summed E-state index contributed by atoms with van der Waals surface area (Å²) in [4.78, 5) is 5.04. The fourth-order valence-electron chi connectivity index (χ4n) is 10.8. The van der Waals surface area contributed by atoms with Gasteiger partial charge >= 0.3 is 0 Å². The van der Waals surface area contributed by atoms with Gasteiger partial charge in [0.15, 0.2) is 0 Å². The van der Waals surface area contributed by atoms with Crippen LogP contribution in [0.5, 0.6) is 11.5 Å². The Bertz CT molecular complexity index is 3420. The molecule has 11 rings (SSSR count). The first-order valence-electron chi connectivity index (χ1n) is 24.4. The summed E-state index contributed by atoms with van der Waals surface area (Å²) in [6.45, 7) is 29.7. The number of aromatic nitrogens is 1. The molecule has 0 amide bonds. The Kier molecular flexibility index (Phi) is 9.85. The van der Waals surface area contributed by atoms with Crippen molar-refractivity contribution in [1.82, 2.24) is 4.57 Å². The number of nitrogens with zero attached hydrogens (tertiary/aromatic N) is 3. The molecule has 0 N–H and O–H groups in total. The fraction of sp³-hybridized carbons (Fsp3) is 0.290. The van der Waals surface area contributed by atoms with Gasteiger partial charge in [0.2, 0.25) is 0 Å². The van der Waals surface area contributed by atoms with E-state index in [1.807, 2.05) is 11.3 Å². The molecule has 2 aliphatic rings. The maximum absolute atomic E-state index is 7.71. The lowest BCUT2D eigenvalue weighted by Crippen LogP contribution is -2.58. The number of ether oxygens (including phenoxy) is 1. The number of fused-ring (bicyclic) bond motifs is 9. The van der Waals surface area contributed by atoms with E-state index in [0.29, 0.717) is 0 Å². The average Bonchev–Trinajstić information content (AvgIpc) is 3.80. The van der Waals surface area contributed by atoms with Crippen LogP contribution < -0.4 is 30.2 Å². The van der Waals surface area contributed by atoms with E-state index in [2.05, 4.69) is 245 Å². The largest absolute Gasteiger partial charge is 0.456 e. The molecule has 6 heteroatoms. The molecule has 0 spiro atoms. The summed E-state index contributed by atoms with van der Waals surface area (Å²) in [5.74, 6) is 1.82. The van der Waals surface area contributed by atoms with Crippen molar-refractivity contribution < 1.29 is 4.74 Å². The minimum absolute atomic E-state index is 0.00795. The number of hydrogen-bond donors (Lipinski definition) is 0. The van der Waals surface area contributed by atoms with Crippen LogP contribution in [0.2, 0.25) is 0 Å². The monoisotopic (exact) mass is 909 g/mol. The zero-order chi connectivity index (χ0) is 48.0. The Balaban J connectivity index is 1.26. The van der Waals surface area contributed by atoms with Gasteiger partial charge in [-0.15, -0.1) is 11.3 Å². The van der Waals surface area contributed by atoms with Crippen molar-refractivity contribution in [2.75, 3.05) is 9.80 Å². The lowest BCUT2D eigenvalue weighted by atomic mass is 9.36. The van der Waals surface area contributed by atoms with Crippen molar-refractivity contribution in [1.29, 1.82) is 0 Å². The summed E-state index contributed by atoms with van der Waals surface area (Å²) in [6.07, 6.45) is 0. The number of anilines is 6. The van der Waals surface area contributed by atoms with Crippen LogP contribution >= 0.6 is 11.3 Å². The molecule has 0 saturated heterocycles. The van der Waals surface area contributed by atoms with E-state index in [-0.39, 0.29) is 28.4 Å². The lowest BCUT2D eigenvalue weighted by molar-refractivity contribution is 0.489. The van der Waals surface area contributed by atoms with Crippen LogP contribution in [0.15, 0.2) is 133 Å². The quantitative estimate of drug-likeness (QED) is 0.164. The number of rotatable bonds is 4. The number of thiophene rings is 1. The highest BCUT2D eigenvalue weighted by molar-refractivity contribution is 7.33. The molecule has 0 atom stereocenters. The van der Waals surface area contributed by atoms with Crippen molar-refractivity contribution in [2.45, 2.75) is 112 Å². The first-order valence-corrected chi connectivity index (χ1v) is 25.2. The van der Waals surface area contributed by atoms with Gasteiger partial charge in [-0.05, 0) is 140 Å². The number of benzene rings is 7. The maximum atomic E-state index is 7.71. The third-order valence-corrected chi connectivity index (χ3v) is 15.9. The molecule has 9 aromatic rings. The lowest BCUT2D eigenvalue weighted by Gasteiger charge is -2.40. The van der Waals surface area contributed by atoms with Crippen molar-refractivity contribution in [3.63, 3.8) is 0 Å². The van der Waals surface area contributed by atoms with Crippen molar-refractivity contribution in [3.05, 3.63) is 161 Å². The first kappa shape index (κ1) is 44.3. The van der Waals surface area contributed by atoms with Crippen LogP contribution in [0.3, 0.4) is 0 Å². The second-order valence-electron chi connectivity index (χ2n) is 23.7. The summed E-state index contributed by atoms with van der Waals surface area (Å²) in [6, 6.07) is 51.0. The first-order chi connectivity index (χ1) is 32.1. The maximum Gasteiger partial charge on any atom is 0.269 e. The molecular weight excluding hydrogens is 846 g/mol. The molecule has 4 nitrogen and oxygen atoms in total. The zero-order valence-electron chi connectivity index (χ0n) is 42.4. The van der Waals surface area contributed by atoms with Gasteiger partial charge in [0.1, 0.15) is 11.5 Å². The van der Waals surface area contributed by atoms with Crippen LogP contribution in [0.25, 0.3) is 31.9 Å². The van der Waals surface area contributed by atoms with E-state index in [1.165, 1.54) is 81.2 Å². The standard InChI is InChI=1S/C62H64BN3OS/c1-37-33-50-54-51(34-37)67-57-47(63(54)58-55(46-35-41(62(11,12)13)25-32-52(46)68-58)66(50)44-30-23-40(24-31-44)61(8,9)10)36-49-53(45-17-15-16-18-48(45)64(49)14)56(57)65(42-26-19-38(20-27-42)59(2,3)4)43-28-21-39(22-29-43)60(5,6)7/h15-36H,1-14H3. The SMILES string of the molecule is Cc1cc2c3c(c1)N(c1ccc(C(C)(C)C)cc1)c1c(sc4ccc(C(C)(C)C)cc14)B3c1cc3c(c(N(c4ccc(C(C)(C)C)cc4)c4ccc(C(C)(C)C)cc4)c1O2)c1ccccc1n3C.